The minimum atomic E-state index is -4.68. The van der Waals surface area contributed by atoms with Crippen LogP contribution in [0.15, 0.2) is 29.3 Å². The van der Waals surface area contributed by atoms with E-state index < -0.39 is 39.6 Å². The Morgan fingerprint density at radius 2 is 1.85 bits per heavy atom. The highest BCUT2D eigenvalue weighted by Gasteiger charge is 2.38. The number of aromatic nitrogens is 2. The van der Waals surface area contributed by atoms with Gasteiger partial charge >= 0.3 is 6.18 Å². The Labute approximate surface area is 224 Å². The van der Waals surface area contributed by atoms with Crippen molar-refractivity contribution in [3.05, 3.63) is 41.3 Å². The van der Waals surface area contributed by atoms with Gasteiger partial charge in [0.15, 0.2) is 0 Å². The van der Waals surface area contributed by atoms with Gasteiger partial charge in [0.25, 0.3) is 0 Å². The molecule has 0 unspecified atom stereocenters. The first kappa shape index (κ1) is 28.0. The number of sulfonamides is 1. The number of alkyl halides is 3. The number of piperidine rings is 2. The molecule has 1 aromatic heterocycles. The number of rotatable bonds is 7. The molecule has 214 valence electrons. The fraction of sp³-hybridized carbons (Fsp3) is 0.600. The summed E-state index contributed by atoms with van der Waals surface area (Å²) < 4.78 is 93.6. The zero-order chi connectivity index (χ0) is 27.6. The van der Waals surface area contributed by atoms with Gasteiger partial charge in [0, 0.05) is 31.7 Å². The van der Waals surface area contributed by atoms with Crippen LogP contribution in [0.4, 0.5) is 23.5 Å². The third-order valence-electron chi connectivity index (χ3n) is 7.40. The lowest BCUT2D eigenvalue weighted by molar-refractivity contribution is -0.139. The second-order valence-electron chi connectivity index (χ2n) is 10.0. The van der Waals surface area contributed by atoms with Crippen molar-refractivity contribution in [1.82, 2.24) is 19.6 Å². The quantitative estimate of drug-likeness (QED) is 0.485. The highest BCUT2D eigenvalue weighted by molar-refractivity contribution is 7.89. The van der Waals surface area contributed by atoms with Crippen molar-refractivity contribution < 1.29 is 35.5 Å². The molecule has 3 aliphatic rings. The van der Waals surface area contributed by atoms with Gasteiger partial charge in [0.2, 0.25) is 21.9 Å². The van der Waals surface area contributed by atoms with Crippen molar-refractivity contribution in [1.29, 1.82) is 0 Å². The van der Waals surface area contributed by atoms with Crippen LogP contribution in [-0.2, 0) is 20.9 Å². The number of benzene rings is 1. The van der Waals surface area contributed by atoms with Gasteiger partial charge < -0.3 is 20.1 Å². The van der Waals surface area contributed by atoms with Crippen LogP contribution in [-0.4, -0.2) is 74.2 Å². The fourth-order valence-corrected chi connectivity index (χ4v) is 6.67. The zero-order valence-electron chi connectivity index (χ0n) is 21.2. The van der Waals surface area contributed by atoms with Gasteiger partial charge in [-0.05, 0) is 62.4 Å². The van der Waals surface area contributed by atoms with E-state index in [-0.39, 0.29) is 42.5 Å². The molecule has 2 aromatic rings. The van der Waals surface area contributed by atoms with Crippen LogP contribution in [0, 0.1) is 5.82 Å². The monoisotopic (exact) mass is 573 g/mol. The summed E-state index contributed by atoms with van der Waals surface area (Å²) in [6.07, 6.45) is -1.73. The molecule has 5 rings (SSSR count). The van der Waals surface area contributed by atoms with Crippen LogP contribution in [0.1, 0.15) is 49.1 Å². The average Bonchev–Trinajstić information content (AvgIpc) is 3.42. The molecule has 9 nitrogen and oxygen atoms in total. The number of hydrogen-bond acceptors (Lipinski definition) is 8. The first-order valence-corrected chi connectivity index (χ1v) is 14.5. The molecule has 2 N–H and O–H groups in total. The van der Waals surface area contributed by atoms with Crippen molar-refractivity contribution in [2.45, 2.75) is 61.2 Å². The van der Waals surface area contributed by atoms with Crippen molar-refractivity contribution in [2.75, 3.05) is 44.7 Å². The van der Waals surface area contributed by atoms with Crippen LogP contribution in [0.3, 0.4) is 0 Å². The lowest BCUT2D eigenvalue weighted by Gasteiger charge is -2.32. The number of nitrogens with one attached hydrogen (secondary N) is 2. The smallest absolute Gasteiger partial charge is 0.423 e. The molecule has 1 atom stereocenters. The first-order chi connectivity index (χ1) is 18.6. The molecule has 0 spiro atoms. The number of nitrogens with zero attached hydrogens (tertiary/aromatic N) is 3. The molecule has 0 bridgehead atoms. The maximum absolute atomic E-state index is 14.9. The predicted molar refractivity (Wildman–Crippen MR) is 134 cm³/mol. The lowest BCUT2D eigenvalue weighted by atomic mass is 9.90. The minimum absolute atomic E-state index is 0.0335. The molecule has 14 heteroatoms. The topological polar surface area (TPSA) is 106 Å². The number of halogens is 4. The standard InChI is InChI=1S/C25H31F4N5O4S/c26-22-13-19(1-2-20(22)16-3-8-30-9-4-16)39(35,36)34-10-5-17(6-11-34)32-24-31-14-21(25(27,28)29)23(33-24)38-18-7-12-37-15-18/h1-2,13-14,16-18,30H,3-12,15H2,(H,31,32,33)/t18-/m0/s1. The lowest BCUT2D eigenvalue weighted by Crippen LogP contribution is -2.42. The summed E-state index contributed by atoms with van der Waals surface area (Å²) in [6.45, 7) is 2.49. The molecule has 0 saturated carbocycles. The molecular formula is C25H31F4N5O4S. The second-order valence-corrected chi connectivity index (χ2v) is 12.0. The van der Waals surface area contributed by atoms with E-state index in [9.17, 15) is 26.0 Å². The first-order valence-electron chi connectivity index (χ1n) is 13.1. The molecule has 0 radical (unpaired) electrons. The molecule has 3 fully saturated rings. The van der Waals surface area contributed by atoms with Gasteiger partial charge in [0.05, 0.1) is 18.1 Å². The SMILES string of the molecule is O=S(=O)(c1ccc(C2CCNCC2)c(F)c1)N1CCC(Nc2ncc(C(F)(F)F)c(O[C@H]3CCOC3)n2)CC1. The Morgan fingerprint density at radius 3 is 2.49 bits per heavy atom. The summed E-state index contributed by atoms with van der Waals surface area (Å²) in [7, 11) is -3.91. The van der Waals surface area contributed by atoms with E-state index in [0.29, 0.717) is 37.6 Å². The zero-order valence-corrected chi connectivity index (χ0v) is 22.0. The van der Waals surface area contributed by atoms with Gasteiger partial charge in [-0.2, -0.15) is 22.5 Å². The number of hydrogen-bond donors (Lipinski definition) is 2. The highest BCUT2D eigenvalue weighted by Crippen LogP contribution is 2.36. The van der Waals surface area contributed by atoms with Crippen LogP contribution >= 0.6 is 0 Å². The molecular weight excluding hydrogens is 542 g/mol. The van der Waals surface area contributed by atoms with Crippen LogP contribution in [0.5, 0.6) is 5.88 Å². The van der Waals surface area contributed by atoms with E-state index in [1.807, 2.05) is 0 Å². The van der Waals surface area contributed by atoms with Gasteiger partial charge in [-0.25, -0.2) is 17.8 Å². The summed E-state index contributed by atoms with van der Waals surface area (Å²) in [5.74, 6) is -1.05. The Morgan fingerprint density at radius 1 is 1.10 bits per heavy atom. The predicted octanol–water partition coefficient (Wildman–Crippen LogP) is 3.53. The van der Waals surface area contributed by atoms with Crippen molar-refractivity contribution in [3.8, 4) is 5.88 Å². The normalized spacial score (nSPS) is 22.2. The Hall–Kier alpha value is -2.55. The van der Waals surface area contributed by atoms with Crippen molar-refractivity contribution >= 4 is 16.0 Å². The minimum Gasteiger partial charge on any atom is -0.471 e. The van der Waals surface area contributed by atoms with E-state index in [0.717, 1.165) is 32.0 Å². The summed E-state index contributed by atoms with van der Waals surface area (Å²) in [5, 5.41) is 6.23. The summed E-state index contributed by atoms with van der Waals surface area (Å²) in [6, 6.07) is 3.87. The summed E-state index contributed by atoms with van der Waals surface area (Å²) in [5.41, 5.74) is -0.530. The maximum Gasteiger partial charge on any atom is 0.423 e. The average molecular weight is 574 g/mol. The fourth-order valence-electron chi connectivity index (χ4n) is 5.19. The Kier molecular flexibility index (Phi) is 8.26. The van der Waals surface area contributed by atoms with Gasteiger partial charge in [-0.3, -0.25) is 0 Å². The number of anilines is 1. The third kappa shape index (κ3) is 6.44. The number of ether oxygens (including phenoxy) is 2. The third-order valence-corrected chi connectivity index (χ3v) is 9.30. The van der Waals surface area contributed by atoms with E-state index in [4.69, 9.17) is 9.47 Å². The van der Waals surface area contributed by atoms with Gasteiger partial charge in [0.1, 0.15) is 17.5 Å². The molecule has 39 heavy (non-hydrogen) atoms. The van der Waals surface area contributed by atoms with E-state index in [2.05, 4.69) is 20.6 Å². The van der Waals surface area contributed by atoms with Gasteiger partial charge in [-0.1, -0.05) is 6.07 Å². The summed E-state index contributed by atoms with van der Waals surface area (Å²) >= 11 is 0. The van der Waals surface area contributed by atoms with Crippen molar-refractivity contribution in [3.63, 3.8) is 0 Å². The molecule has 0 aliphatic carbocycles. The van der Waals surface area contributed by atoms with E-state index >= 15 is 0 Å². The van der Waals surface area contributed by atoms with E-state index in [1.165, 1.54) is 10.4 Å². The van der Waals surface area contributed by atoms with Crippen LogP contribution in [0.25, 0.3) is 0 Å². The maximum atomic E-state index is 14.9. The Bertz CT molecular complexity index is 1260. The van der Waals surface area contributed by atoms with Crippen molar-refractivity contribution in [2.24, 2.45) is 0 Å². The largest absolute Gasteiger partial charge is 0.471 e. The molecule has 3 aliphatic heterocycles. The van der Waals surface area contributed by atoms with Crippen LogP contribution < -0.4 is 15.4 Å². The van der Waals surface area contributed by atoms with Crippen LogP contribution in [0.2, 0.25) is 0 Å². The molecule has 4 heterocycles. The molecule has 3 saturated heterocycles. The Balaban J connectivity index is 1.22. The molecule has 0 amide bonds. The second kappa shape index (κ2) is 11.5. The van der Waals surface area contributed by atoms with E-state index in [1.54, 1.807) is 6.07 Å². The molecule has 1 aromatic carbocycles. The highest BCUT2D eigenvalue weighted by atomic mass is 32.2. The van der Waals surface area contributed by atoms with Gasteiger partial charge in [-0.15, -0.1) is 0 Å². The summed E-state index contributed by atoms with van der Waals surface area (Å²) in [4.78, 5) is 7.70.